The first-order chi connectivity index (χ1) is 8.87. The van der Waals surface area contributed by atoms with E-state index in [4.69, 9.17) is 11.6 Å². The molecule has 0 atom stereocenters. The third-order valence-electron chi connectivity index (χ3n) is 5.12. The molecule has 0 unspecified atom stereocenters. The molecule has 1 heteroatoms. The van der Waals surface area contributed by atoms with E-state index < -0.39 is 0 Å². The maximum absolute atomic E-state index is 6.49. The molecular formula is C18H19Cl. The largest absolute Gasteiger partial charge is 0.0837 e. The highest BCUT2D eigenvalue weighted by molar-refractivity contribution is 6.33. The standard InChI is InChI=1S/C18H19Cl/c1-17(2)13-9-6-5-8-12(13)16-14(18(17,3)4)10-7-11-15(16)19/h5-11H,1-4H3. The van der Waals surface area contributed by atoms with Crippen molar-refractivity contribution in [1.29, 1.82) is 0 Å². The van der Waals surface area contributed by atoms with Crippen molar-refractivity contribution in [3.05, 3.63) is 58.6 Å². The number of hydrogen-bond acceptors (Lipinski definition) is 0. The Morgan fingerprint density at radius 1 is 0.737 bits per heavy atom. The zero-order chi connectivity index (χ0) is 13.8. The molecule has 0 amide bonds. The van der Waals surface area contributed by atoms with Crippen molar-refractivity contribution < 1.29 is 0 Å². The zero-order valence-corrected chi connectivity index (χ0v) is 12.7. The molecule has 0 saturated carbocycles. The van der Waals surface area contributed by atoms with Crippen LogP contribution in [0.1, 0.15) is 38.8 Å². The Morgan fingerprint density at radius 3 is 2.05 bits per heavy atom. The Kier molecular flexibility index (Phi) is 2.59. The number of halogens is 1. The van der Waals surface area contributed by atoms with Crippen LogP contribution < -0.4 is 0 Å². The quantitative estimate of drug-likeness (QED) is 0.587. The average Bonchev–Trinajstić information content (AvgIpc) is 2.37. The second-order valence-corrected chi connectivity index (χ2v) is 6.87. The predicted molar refractivity (Wildman–Crippen MR) is 82.9 cm³/mol. The van der Waals surface area contributed by atoms with Crippen LogP contribution in [-0.2, 0) is 10.8 Å². The Balaban J connectivity index is 2.47. The fraction of sp³-hybridized carbons (Fsp3) is 0.333. The predicted octanol–water partition coefficient (Wildman–Crippen LogP) is 5.58. The van der Waals surface area contributed by atoms with Gasteiger partial charge in [-0.3, -0.25) is 0 Å². The summed E-state index contributed by atoms with van der Waals surface area (Å²) in [5, 5.41) is 0.855. The van der Waals surface area contributed by atoms with Gasteiger partial charge in [-0.1, -0.05) is 75.7 Å². The van der Waals surface area contributed by atoms with E-state index in [0.29, 0.717) is 0 Å². The van der Waals surface area contributed by atoms with Gasteiger partial charge in [0.1, 0.15) is 0 Å². The molecule has 1 aliphatic carbocycles. The molecule has 0 aliphatic heterocycles. The molecule has 2 aromatic rings. The summed E-state index contributed by atoms with van der Waals surface area (Å²) in [5.74, 6) is 0. The van der Waals surface area contributed by atoms with Crippen molar-refractivity contribution >= 4 is 11.6 Å². The number of benzene rings is 2. The van der Waals surface area contributed by atoms with Crippen LogP contribution in [0, 0.1) is 0 Å². The minimum absolute atomic E-state index is 0.0571. The van der Waals surface area contributed by atoms with Crippen LogP contribution in [-0.4, -0.2) is 0 Å². The van der Waals surface area contributed by atoms with Crippen molar-refractivity contribution in [2.75, 3.05) is 0 Å². The van der Waals surface area contributed by atoms with Gasteiger partial charge < -0.3 is 0 Å². The first kappa shape index (κ1) is 12.7. The fourth-order valence-corrected chi connectivity index (χ4v) is 3.51. The van der Waals surface area contributed by atoms with Gasteiger partial charge in [-0.05, 0) is 33.6 Å². The number of hydrogen-bond donors (Lipinski definition) is 0. The molecule has 0 spiro atoms. The van der Waals surface area contributed by atoms with Crippen molar-refractivity contribution in [3.63, 3.8) is 0 Å². The molecule has 0 radical (unpaired) electrons. The molecule has 0 heterocycles. The summed E-state index contributed by atoms with van der Waals surface area (Å²) in [5.41, 5.74) is 5.38. The van der Waals surface area contributed by atoms with E-state index in [2.05, 4.69) is 64.1 Å². The summed E-state index contributed by atoms with van der Waals surface area (Å²) in [6.07, 6.45) is 0. The van der Waals surface area contributed by atoms with Gasteiger partial charge >= 0.3 is 0 Å². The number of rotatable bonds is 0. The molecule has 0 N–H and O–H groups in total. The van der Waals surface area contributed by atoms with E-state index in [1.807, 2.05) is 6.07 Å². The summed E-state index contributed by atoms with van der Waals surface area (Å²) < 4.78 is 0. The van der Waals surface area contributed by atoms with E-state index in [-0.39, 0.29) is 10.8 Å². The van der Waals surface area contributed by atoms with Crippen LogP contribution in [0.5, 0.6) is 0 Å². The average molecular weight is 271 g/mol. The molecule has 2 aromatic carbocycles. The first-order valence-electron chi connectivity index (χ1n) is 6.76. The van der Waals surface area contributed by atoms with Gasteiger partial charge in [0.2, 0.25) is 0 Å². The van der Waals surface area contributed by atoms with Gasteiger partial charge in [0.25, 0.3) is 0 Å². The Morgan fingerprint density at radius 2 is 1.32 bits per heavy atom. The third-order valence-corrected chi connectivity index (χ3v) is 5.43. The summed E-state index contributed by atoms with van der Waals surface area (Å²) in [6, 6.07) is 14.9. The van der Waals surface area contributed by atoms with Crippen LogP contribution in [0.2, 0.25) is 5.02 Å². The van der Waals surface area contributed by atoms with E-state index in [0.717, 1.165) is 5.02 Å². The van der Waals surface area contributed by atoms with Crippen molar-refractivity contribution in [2.45, 2.75) is 38.5 Å². The van der Waals surface area contributed by atoms with Crippen LogP contribution in [0.3, 0.4) is 0 Å². The fourth-order valence-electron chi connectivity index (χ4n) is 3.24. The second-order valence-electron chi connectivity index (χ2n) is 6.46. The first-order valence-corrected chi connectivity index (χ1v) is 7.14. The smallest absolute Gasteiger partial charge is 0.0487 e. The lowest BCUT2D eigenvalue weighted by molar-refractivity contribution is 0.299. The van der Waals surface area contributed by atoms with Gasteiger partial charge in [0.05, 0.1) is 0 Å². The van der Waals surface area contributed by atoms with Crippen LogP contribution in [0.4, 0.5) is 0 Å². The summed E-state index contributed by atoms with van der Waals surface area (Å²) in [7, 11) is 0. The molecule has 3 rings (SSSR count). The van der Waals surface area contributed by atoms with Gasteiger partial charge in [0, 0.05) is 10.6 Å². The molecular weight excluding hydrogens is 252 g/mol. The molecule has 0 saturated heterocycles. The Bertz CT molecular complexity index is 650. The maximum atomic E-state index is 6.49. The topological polar surface area (TPSA) is 0 Å². The van der Waals surface area contributed by atoms with E-state index >= 15 is 0 Å². The normalized spacial score (nSPS) is 18.6. The van der Waals surface area contributed by atoms with Crippen LogP contribution in [0.15, 0.2) is 42.5 Å². The zero-order valence-electron chi connectivity index (χ0n) is 11.9. The SMILES string of the molecule is CC1(C)c2ccccc2-c2c(Cl)cccc2C1(C)C. The third kappa shape index (κ3) is 1.53. The highest BCUT2D eigenvalue weighted by atomic mass is 35.5. The maximum Gasteiger partial charge on any atom is 0.0487 e. The van der Waals surface area contributed by atoms with E-state index in [9.17, 15) is 0 Å². The van der Waals surface area contributed by atoms with Gasteiger partial charge in [-0.25, -0.2) is 0 Å². The minimum Gasteiger partial charge on any atom is -0.0837 e. The van der Waals surface area contributed by atoms with E-state index in [1.54, 1.807) is 0 Å². The van der Waals surface area contributed by atoms with Crippen molar-refractivity contribution in [2.24, 2.45) is 0 Å². The van der Waals surface area contributed by atoms with Crippen molar-refractivity contribution in [1.82, 2.24) is 0 Å². The second kappa shape index (κ2) is 3.86. The van der Waals surface area contributed by atoms with Crippen LogP contribution >= 0.6 is 11.6 Å². The molecule has 19 heavy (non-hydrogen) atoms. The summed E-state index contributed by atoms with van der Waals surface area (Å²) in [4.78, 5) is 0. The minimum atomic E-state index is 0.0571. The number of fused-ring (bicyclic) bond motifs is 3. The van der Waals surface area contributed by atoms with Gasteiger partial charge in [-0.15, -0.1) is 0 Å². The molecule has 98 valence electrons. The van der Waals surface area contributed by atoms with Crippen molar-refractivity contribution in [3.8, 4) is 11.1 Å². The lowest BCUT2D eigenvalue weighted by atomic mass is 9.55. The van der Waals surface area contributed by atoms with Gasteiger partial charge in [0.15, 0.2) is 0 Å². The Hall–Kier alpha value is -1.27. The summed E-state index contributed by atoms with van der Waals surface area (Å²) in [6.45, 7) is 9.29. The lowest BCUT2D eigenvalue weighted by Gasteiger charge is -2.48. The molecule has 0 fully saturated rings. The molecule has 0 aromatic heterocycles. The molecule has 0 nitrogen and oxygen atoms in total. The highest BCUT2D eigenvalue weighted by Crippen LogP contribution is 2.54. The van der Waals surface area contributed by atoms with E-state index in [1.165, 1.54) is 22.3 Å². The Labute approximate surface area is 120 Å². The monoisotopic (exact) mass is 270 g/mol. The van der Waals surface area contributed by atoms with Crippen LogP contribution in [0.25, 0.3) is 11.1 Å². The molecule has 1 aliphatic rings. The highest BCUT2D eigenvalue weighted by Gasteiger charge is 2.45. The lowest BCUT2D eigenvalue weighted by Crippen LogP contribution is -2.43. The summed E-state index contributed by atoms with van der Waals surface area (Å²) >= 11 is 6.49. The van der Waals surface area contributed by atoms with Gasteiger partial charge in [-0.2, -0.15) is 0 Å². The molecule has 0 bridgehead atoms.